The fourth-order valence-corrected chi connectivity index (χ4v) is 2.91. The van der Waals surface area contributed by atoms with Gasteiger partial charge in [-0.15, -0.1) is 11.3 Å². The van der Waals surface area contributed by atoms with Crippen molar-refractivity contribution < 1.29 is 9.59 Å². The van der Waals surface area contributed by atoms with Crippen LogP contribution >= 0.6 is 11.3 Å². The summed E-state index contributed by atoms with van der Waals surface area (Å²) in [6.07, 6.45) is 2.16. The first-order valence-electron chi connectivity index (χ1n) is 6.44. The Hall–Kier alpha value is -1.43. The number of hydrogen-bond acceptors (Lipinski definition) is 3. The van der Waals surface area contributed by atoms with E-state index in [9.17, 15) is 9.59 Å². The zero-order chi connectivity index (χ0) is 14.0. The minimum absolute atomic E-state index is 0.0674. The Morgan fingerprint density at radius 1 is 1.58 bits per heavy atom. The minimum atomic E-state index is -0.284. The van der Waals surface area contributed by atoms with Gasteiger partial charge in [0.2, 0.25) is 5.91 Å². The van der Waals surface area contributed by atoms with Crippen LogP contribution in [0.4, 0.5) is 0 Å². The number of thiazole rings is 1. The molecule has 0 N–H and O–H groups in total. The summed E-state index contributed by atoms with van der Waals surface area (Å²) in [6, 6.07) is 0. The Balaban J connectivity index is 2.07. The van der Waals surface area contributed by atoms with E-state index in [2.05, 4.69) is 18.8 Å². The lowest BCUT2D eigenvalue weighted by atomic mass is 10.1. The number of aromatic nitrogens is 1. The SMILES string of the molecule is CC(C)CN1CC(C(=O)N=c2sccn2C)CC1=O. The quantitative estimate of drug-likeness (QED) is 0.830. The van der Waals surface area contributed by atoms with E-state index >= 15 is 0 Å². The second-order valence-corrected chi connectivity index (χ2v) is 6.21. The van der Waals surface area contributed by atoms with Gasteiger partial charge >= 0.3 is 0 Å². The largest absolute Gasteiger partial charge is 0.342 e. The van der Waals surface area contributed by atoms with Gasteiger partial charge in [0, 0.05) is 38.1 Å². The van der Waals surface area contributed by atoms with Crippen LogP contribution in [0.15, 0.2) is 16.6 Å². The lowest BCUT2D eigenvalue weighted by Crippen LogP contribution is -2.30. The molecule has 104 valence electrons. The second kappa shape index (κ2) is 5.69. The maximum absolute atomic E-state index is 12.1. The highest BCUT2D eigenvalue weighted by atomic mass is 32.1. The predicted molar refractivity (Wildman–Crippen MR) is 73.4 cm³/mol. The van der Waals surface area contributed by atoms with Crippen LogP contribution in [0, 0.1) is 11.8 Å². The molecule has 0 aromatic carbocycles. The molecule has 1 aliphatic heterocycles. The highest BCUT2D eigenvalue weighted by Crippen LogP contribution is 2.20. The number of amides is 2. The molecule has 19 heavy (non-hydrogen) atoms. The molecule has 1 unspecified atom stereocenters. The molecule has 5 nitrogen and oxygen atoms in total. The molecule has 2 heterocycles. The van der Waals surface area contributed by atoms with Gasteiger partial charge in [-0.1, -0.05) is 13.8 Å². The molecular weight excluding hydrogens is 262 g/mol. The molecule has 1 aromatic heterocycles. The Morgan fingerprint density at radius 3 is 2.89 bits per heavy atom. The summed E-state index contributed by atoms with van der Waals surface area (Å²) in [5, 5.41) is 1.89. The highest BCUT2D eigenvalue weighted by Gasteiger charge is 2.34. The minimum Gasteiger partial charge on any atom is -0.342 e. The maximum Gasteiger partial charge on any atom is 0.253 e. The van der Waals surface area contributed by atoms with Gasteiger partial charge in [-0.05, 0) is 5.92 Å². The number of rotatable bonds is 3. The van der Waals surface area contributed by atoms with E-state index in [0.717, 1.165) is 6.54 Å². The van der Waals surface area contributed by atoms with Crippen molar-refractivity contribution in [2.45, 2.75) is 20.3 Å². The molecule has 1 atom stereocenters. The van der Waals surface area contributed by atoms with Crippen molar-refractivity contribution in [1.29, 1.82) is 0 Å². The molecule has 1 aromatic rings. The summed E-state index contributed by atoms with van der Waals surface area (Å²) < 4.78 is 1.81. The van der Waals surface area contributed by atoms with Crippen molar-refractivity contribution >= 4 is 23.2 Å². The summed E-state index contributed by atoms with van der Waals surface area (Å²) in [6.45, 7) is 5.36. The van der Waals surface area contributed by atoms with E-state index < -0.39 is 0 Å². The molecule has 6 heteroatoms. The molecule has 1 saturated heterocycles. The third kappa shape index (κ3) is 3.32. The first-order chi connectivity index (χ1) is 8.97. The normalized spacial score (nSPS) is 20.6. The standard InChI is InChI=1S/C13H19N3O2S/c1-9(2)7-16-8-10(6-11(16)17)12(18)14-13-15(3)4-5-19-13/h4-5,9-10H,6-8H2,1-3H3. The zero-order valence-corrected chi connectivity index (χ0v) is 12.3. The molecule has 0 radical (unpaired) electrons. The molecule has 0 bridgehead atoms. The van der Waals surface area contributed by atoms with E-state index in [4.69, 9.17) is 0 Å². The molecule has 2 amide bonds. The Labute approximate surface area is 116 Å². The van der Waals surface area contributed by atoms with E-state index in [1.54, 1.807) is 4.90 Å². The van der Waals surface area contributed by atoms with Gasteiger partial charge in [-0.3, -0.25) is 9.59 Å². The fourth-order valence-electron chi connectivity index (χ4n) is 2.18. The lowest BCUT2D eigenvalue weighted by molar-refractivity contribution is -0.128. The zero-order valence-electron chi connectivity index (χ0n) is 11.5. The van der Waals surface area contributed by atoms with Crippen molar-refractivity contribution in [2.75, 3.05) is 13.1 Å². The molecule has 0 aliphatic carbocycles. The van der Waals surface area contributed by atoms with E-state index in [0.29, 0.717) is 23.7 Å². The van der Waals surface area contributed by atoms with E-state index in [1.807, 2.05) is 23.2 Å². The summed E-state index contributed by atoms with van der Waals surface area (Å²) in [4.78, 5) is 30.5. The summed E-state index contributed by atoms with van der Waals surface area (Å²) >= 11 is 1.43. The smallest absolute Gasteiger partial charge is 0.253 e. The first-order valence-corrected chi connectivity index (χ1v) is 7.32. The molecule has 1 aliphatic rings. The van der Waals surface area contributed by atoms with Gasteiger partial charge in [-0.25, -0.2) is 0 Å². The van der Waals surface area contributed by atoms with Crippen LogP contribution in [-0.4, -0.2) is 34.4 Å². The number of carbonyl (C=O) groups excluding carboxylic acids is 2. The fraction of sp³-hybridized carbons (Fsp3) is 0.615. The monoisotopic (exact) mass is 281 g/mol. The maximum atomic E-state index is 12.1. The highest BCUT2D eigenvalue weighted by molar-refractivity contribution is 7.07. The molecular formula is C13H19N3O2S. The number of nitrogens with zero attached hydrogens (tertiary/aromatic N) is 3. The average Bonchev–Trinajstić information content (AvgIpc) is 2.87. The summed E-state index contributed by atoms with van der Waals surface area (Å²) in [7, 11) is 1.85. The van der Waals surface area contributed by atoms with Crippen molar-refractivity contribution in [3.63, 3.8) is 0 Å². The summed E-state index contributed by atoms with van der Waals surface area (Å²) in [5.41, 5.74) is 0. The molecule has 1 fully saturated rings. The molecule has 2 rings (SSSR count). The van der Waals surface area contributed by atoms with Crippen LogP contribution in [0.2, 0.25) is 0 Å². The van der Waals surface area contributed by atoms with Gasteiger partial charge in [-0.2, -0.15) is 4.99 Å². The third-order valence-electron chi connectivity index (χ3n) is 3.11. The Bertz CT molecular complexity index is 544. The van der Waals surface area contributed by atoms with Crippen LogP contribution in [-0.2, 0) is 16.6 Å². The van der Waals surface area contributed by atoms with Crippen LogP contribution in [0.3, 0.4) is 0 Å². The van der Waals surface area contributed by atoms with Crippen LogP contribution < -0.4 is 4.80 Å². The van der Waals surface area contributed by atoms with E-state index in [1.165, 1.54) is 11.3 Å². The van der Waals surface area contributed by atoms with Gasteiger partial charge in [0.05, 0.1) is 5.92 Å². The predicted octanol–water partition coefficient (Wildman–Crippen LogP) is 1.02. The van der Waals surface area contributed by atoms with Gasteiger partial charge < -0.3 is 9.47 Å². The third-order valence-corrected chi connectivity index (χ3v) is 3.96. The van der Waals surface area contributed by atoms with Gasteiger partial charge in [0.1, 0.15) is 0 Å². The Morgan fingerprint density at radius 2 is 2.32 bits per heavy atom. The van der Waals surface area contributed by atoms with Crippen molar-refractivity contribution in [2.24, 2.45) is 23.9 Å². The molecule has 0 spiro atoms. The van der Waals surface area contributed by atoms with Crippen LogP contribution in [0.1, 0.15) is 20.3 Å². The molecule has 0 saturated carbocycles. The first kappa shape index (κ1) is 14.0. The van der Waals surface area contributed by atoms with Gasteiger partial charge in [0.15, 0.2) is 4.80 Å². The average molecular weight is 281 g/mol. The van der Waals surface area contributed by atoms with Crippen LogP contribution in [0.25, 0.3) is 0 Å². The number of likely N-dealkylation sites (tertiary alicyclic amines) is 1. The summed E-state index contributed by atoms with van der Waals surface area (Å²) in [5.74, 6) is 0.0219. The number of hydrogen-bond donors (Lipinski definition) is 0. The number of carbonyl (C=O) groups is 2. The van der Waals surface area contributed by atoms with Crippen molar-refractivity contribution in [3.8, 4) is 0 Å². The topological polar surface area (TPSA) is 54.7 Å². The Kier molecular flexibility index (Phi) is 4.19. The van der Waals surface area contributed by atoms with E-state index in [-0.39, 0.29) is 17.7 Å². The lowest BCUT2D eigenvalue weighted by Gasteiger charge is -2.18. The van der Waals surface area contributed by atoms with Crippen LogP contribution in [0.5, 0.6) is 0 Å². The second-order valence-electron chi connectivity index (χ2n) is 5.34. The van der Waals surface area contributed by atoms with Gasteiger partial charge in [0.25, 0.3) is 5.91 Å². The van der Waals surface area contributed by atoms with Crippen molar-refractivity contribution in [3.05, 3.63) is 16.4 Å². The number of aryl methyl sites for hydroxylation is 1. The van der Waals surface area contributed by atoms with Crippen molar-refractivity contribution in [1.82, 2.24) is 9.47 Å².